The van der Waals surface area contributed by atoms with Gasteiger partial charge in [0.05, 0.1) is 6.26 Å². The summed E-state index contributed by atoms with van der Waals surface area (Å²) < 4.78 is 29.2. The molecule has 1 aromatic rings. The van der Waals surface area contributed by atoms with Crippen LogP contribution in [0.3, 0.4) is 0 Å². The molecule has 0 aliphatic heterocycles. The summed E-state index contributed by atoms with van der Waals surface area (Å²) in [5.74, 6) is 0.0248. The summed E-state index contributed by atoms with van der Waals surface area (Å²) in [6.45, 7) is 6.76. The van der Waals surface area contributed by atoms with E-state index in [1.54, 1.807) is 33.8 Å². The van der Waals surface area contributed by atoms with E-state index in [1.165, 1.54) is 12.3 Å². The van der Waals surface area contributed by atoms with Crippen LogP contribution in [0.5, 0.6) is 0 Å². The number of rotatable bonds is 2. The molecule has 0 radical (unpaired) electrons. The lowest BCUT2D eigenvalue weighted by Crippen LogP contribution is -2.40. The molecular weight excluding hydrogens is 268 g/mol. The fourth-order valence-electron chi connectivity index (χ4n) is 1.33. The standard InChI is InChI=1S/C12H18N2O4S/c1-9-6-7-13-10(8-9)14(19(5,16)17)11(15)18-12(2,3)4/h6-8H,1-5H3. The third-order valence-corrected chi connectivity index (χ3v) is 3.00. The quantitative estimate of drug-likeness (QED) is 0.832. The van der Waals surface area contributed by atoms with Gasteiger partial charge in [-0.2, -0.15) is 4.31 Å². The fraction of sp³-hybridized carbons (Fsp3) is 0.500. The van der Waals surface area contributed by atoms with E-state index in [2.05, 4.69) is 4.98 Å². The van der Waals surface area contributed by atoms with Gasteiger partial charge in [-0.3, -0.25) is 0 Å². The van der Waals surface area contributed by atoms with Crippen LogP contribution in [0, 0.1) is 6.92 Å². The molecular formula is C12H18N2O4S. The second kappa shape index (κ2) is 5.16. The van der Waals surface area contributed by atoms with Crippen LogP contribution in [-0.4, -0.2) is 31.4 Å². The van der Waals surface area contributed by atoms with Gasteiger partial charge in [0.25, 0.3) is 0 Å². The van der Waals surface area contributed by atoms with Gasteiger partial charge in [0.2, 0.25) is 10.0 Å². The van der Waals surface area contributed by atoms with Gasteiger partial charge in [-0.05, 0) is 45.4 Å². The van der Waals surface area contributed by atoms with Crippen LogP contribution < -0.4 is 4.31 Å². The molecule has 0 bridgehead atoms. The Bertz CT molecular complexity index is 576. The zero-order chi connectivity index (χ0) is 14.8. The first kappa shape index (κ1) is 15.4. The highest BCUT2D eigenvalue weighted by atomic mass is 32.2. The highest BCUT2D eigenvalue weighted by molar-refractivity contribution is 7.92. The number of pyridine rings is 1. The number of hydrogen-bond acceptors (Lipinski definition) is 5. The summed E-state index contributed by atoms with van der Waals surface area (Å²) in [6.07, 6.45) is 1.40. The van der Waals surface area contributed by atoms with E-state index in [1.807, 2.05) is 0 Å². The Morgan fingerprint density at radius 2 is 1.95 bits per heavy atom. The van der Waals surface area contributed by atoms with Crippen molar-refractivity contribution in [3.8, 4) is 0 Å². The number of nitrogens with zero attached hydrogens (tertiary/aromatic N) is 2. The van der Waals surface area contributed by atoms with E-state index in [9.17, 15) is 13.2 Å². The summed E-state index contributed by atoms with van der Waals surface area (Å²) >= 11 is 0. The van der Waals surface area contributed by atoms with Crippen molar-refractivity contribution < 1.29 is 17.9 Å². The molecule has 0 N–H and O–H groups in total. The number of aryl methyl sites for hydroxylation is 1. The van der Waals surface area contributed by atoms with Gasteiger partial charge in [-0.1, -0.05) is 0 Å². The normalized spacial score (nSPS) is 12.1. The zero-order valence-electron chi connectivity index (χ0n) is 11.7. The Kier molecular flexibility index (Phi) is 4.19. The SMILES string of the molecule is Cc1ccnc(N(C(=O)OC(C)(C)C)S(C)(=O)=O)c1. The van der Waals surface area contributed by atoms with Crippen LogP contribution >= 0.6 is 0 Å². The number of ether oxygens (including phenoxy) is 1. The van der Waals surface area contributed by atoms with Crippen LogP contribution in [0.25, 0.3) is 0 Å². The number of amides is 1. The van der Waals surface area contributed by atoms with Crippen LogP contribution in [-0.2, 0) is 14.8 Å². The average Bonchev–Trinajstić information content (AvgIpc) is 2.11. The third kappa shape index (κ3) is 4.51. The van der Waals surface area contributed by atoms with Crippen molar-refractivity contribution >= 4 is 21.9 Å². The molecule has 6 nitrogen and oxygen atoms in total. The van der Waals surface area contributed by atoms with Crippen molar-refractivity contribution in [1.29, 1.82) is 0 Å². The Morgan fingerprint density at radius 1 is 1.37 bits per heavy atom. The summed E-state index contributed by atoms with van der Waals surface area (Å²) in [6, 6.07) is 3.21. The predicted molar refractivity (Wildman–Crippen MR) is 72.5 cm³/mol. The smallest absolute Gasteiger partial charge is 0.430 e. The molecule has 19 heavy (non-hydrogen) atoms. The molecule has 0 saturated carbocycles. The van der Waals surface area contributed by atoms with E-state index in [4.69, 9.17) is 4.74 Å². The highest BCUT2D eigenvalue weighted by Crippen LogP contribution is 2.19. The first-order chi connectivity index (χ1) is 8.50. The lowest BCUT2D eigenvalue weighted by molar-refractivity contribution is 0.0608. The van der Waals surface area contributed by atoms with Crippen molar-refractivity contribution in [2.75, 3.05) is 10.6 Å². The van der Waals surface area contributed by atoms with Crippen molar-refractivity contribution in [2.45, 2.75) is 33.3 Å². The largest absolute Gasteiger partial charge is 0.443 e. The Labute approximate surface area is 113 Å². The molecule has 7 heteroatoms. The molecule has 1 rings (SSSR count). The second-order valence-electron chi connectivity index (χ2n) is 5.20. The average molecular weight is 286 g/mol. The van der Waals surface area contributed by atoms with Crippen molar-refractivity contribution in [3.63, 3.8) is 0 Å². The van der Waals surface area contributed by atoms with E-state index in [0.29, 0.717) is 4.31 Å². The first-order valence-electron chi connectivity index (χ1n) is 5.66. The fourth-order valence-corrected chi connectivity index (χ4v) is 2.08. The molecule has 1 heterocycles. The van der Waals surface area contributed by atoms with Crippen LogP contribution in [0.15, 0.2) is 18.3 Å². The predicted octanol–water partition coefficient (Wildman–Crippen LogP) is 2.09. The minimum absolute atomic E-state index is 0.0248. The van der Waals surface area contributed by atoms with Gasteiger partial charge in [0.1, 0.15) is 5.60 Å². The maximum absolute atomic E-state index is 12.0. The van der Waals surface area contributed by atoms with Crippen molar-refractivity contribution in [2.24, 2.45) is 0 Å². The van der Waals surface area contributed by atoms with Gasteiger partial charge >= 0.3 is 6.09 Å². The number of sulfonamides is 1. The number of anilines is 1. The molecule has 0 aliphatic rings. The summed E-state index contributed by atoms with van der Waals surface area (Å²) in [4.78, 5) is 15.9. The minimum atomic E-state index is -3.81. The zero-order valence-corrected chi connectivity index (χ0v) is 12.5. The molecule has 0 unspecified atom stereocenters. The molecule has 1 aromatic heterocycles. The molecule has 0 spiro atoms. The Morgan fingerprint density at radius 3 is 2.37 bits per heavy atom. The minimum Gasteiger partial charge on any atom is -0.443 e. The summed E-state index contributed by atoms with van der Waals surface area (Å²) in [7, 11) is -3.81. The van der Waals surface area contributed by atoms with Gasteiger partial charge in [0, 0.05) is 6.20 Å². The molecule has 0 aromatic carbocycles. The number of aromatic nitrogens is 1. The maximum atomic E-state index is 12.0. The Hall–Kier alpha value is -1.63. The first-order valence-corrected chi connectivity index (χ1v) is 7.51. The molecule has 0 fully saturated rings. The molecule has 106 valence electrons. The van der Waals surface area contributed by atoms with Gasteiger partial charge < -0.3 is 4.74 Å². The topological polar surface area (TPSA) is 76.6 Å². The lowest BCUT2D eigenvalue weighted by Gasteiger charge is -2.25. The van der Waals surface area contributed by atoms with Crippen LogP contribution in [0.2, 0.25) is 0 Å². The Balaban J connectivity index is 3.21. The van der Waals surface area contributed by atoms with Gasteiger partial charge in [-0.25, -0.2) is 18.2 Å². The van der Waals surface area contributed by atoms with E-state index < -0.39 is 21.7 Å². The molecule has 0 saturated heterocycles. The third-order valence-electron chi connectivity index (χ3n) is 2.00. The molecule has 0 atom stereocenters. The second-order valence-corrected chi connectivity index (χ2v) is 7.03. The summed E-state index contributed by atoms with van der Waals surface area (Å²) in [5, 5.41) is 0. The number of hydrogen-bond donors (Lipinski definition) is 0. The lowest BCUT2D eigenvalue weighted by atomic mass is 10.2. The summed E-state index contributed by atoms with van der Waals surface area (Å²) in [5.41, 5.74) is 0.00586. The molecule has 1 amide bonds. The van der Waals surface area contributed by atoms with Crippen molar-refractivity contribution in [3.05, 3.63) is 23.9 Å². The van der Waals surface area contributed by atoms with Gasteiger partial charge in [-0.15, -0.1) is 0 Å². The van der Waals surface area contributed by atoms with Crippen LogP contribution in [0.4, 0.5) is 10.6 Å². The van der Waals surface area contributed by atoms with E-state index in [-0.39, 0.29) is 5.82 Å². The van der Waals surface area contributed by atoms with E-state index in [0.717, 1.165) is 11.8 Å². The monoisotopic (exact) mass is 286 g/mol. The van der Waals surface area contributed by atoms with Crippen LogP contribution in [0.1, 0.15) is 26.3 Å². The van der Waals surface area contributed by atoms with Crippen molar-refractivity contribution in [1.82, 2.24) is 4.98 Å². The number of carbonyl (C=O) groups excluding carboxylic acids is 1. The van der Waals surface area contributed by atoms with E-state index >= 15 is 0 Å². The highest BCUT2D eigenvalue weighted by Gasteiger charge is 2.31. The maximum Gasteiger partial charge on any atom is 0.430 e. The number of carbonyl (C=O) groups is 1. The molecule has 0 aliphatic carbocycles. The van der Waals surface area contributed by atoms with Gasteiger partial charge in [0.15, 0.2) is 5.82 Å².